The van der Waals surface area contributed by atoms with Crippen LogP contribution in [0.3, 0.4) is 0 Å². The zero-order valence-corrected chi connectivity index (χ0v) is 14.3. The summed E-state index contributed by atoms with van der Waals surface area (Å²) in [5, 5.41) is 11.5. The van der Waals surface area contributed by atoms with Crippen molar-refractivity contribution < 1.29 is 14.7 Å². The van der Waals surface area contributed by atoms with Crippen molar-refractivity contribution in [2.24, 2.45) is 0 Å². The molecule has 0 radical (unpaired) electrons. The number of carboxylic acid groups (broad SMARTS) is 1. The minimum absolute atomic E-state index is 0.0874. The summed E-state index contributed by atoms with van der Waals surface area (Å²) in [4.78, 5) is 20.5. The Hall–Kier alpha value is -2.15. The fourth-order valence-electron chi connectivity index (χ4n) is 2.16. The van der Waals surface area contributed by atoms with Crippen molar-refractivity contribution >= 4 is 17.7 Å². The minimum Gasteiger partial charge on any atom is -0.465 e. The van der Waals surface area contributed by atoms with Gasteiger partial charge in [-0.15, -0.1) is 0 Å². The Morgan fingerprint density at radius 2 is 2.17 bits per heavy atom. The normalized spacial score (nSPS) is 12.0. The maximum Gasteiger partial charge on any atom is 0.404 e. The third-order valence-electron chi connectivity index (χ3n) is 3.43. The summed E-state index contributed by atoms with van der Waals surface area (Å²) in [6.45, 7) is 4.39. The third-order valence-corrected chi connectivity index (χ3v) is 3.79. The predicted molar refractivity (Wildman–Crippen MR) is 91.6 cm³/mol. The van der Waals surface area contributed by atoms with Crippen LogP contribution >= 0.6 is 11.6 Å². The van der Waals surface area contributed by atoms with E-state index in [1.165, 1.54) is 0 Å². The maximum atomic E-state index is 10.6. The Bertz CT molecular complexity index is 709. The van der Waals surface area contributed by atoms with E-state index in [1.807, 2.05) is 44.2 Å². The number of halogens is 1. The van der Waals surface area contributed by atoms with E-state index in [9.17, 15) is 4.79 Å². The lowest BCUT2D eigenvalue weighted by molar-refractivity contribution is 0.00524. The molecule has 2 aromatic rings. The molecule has 1 atom stereocenters. The quantitative estimate of drug-likeness (QED) is 0.665. The Morgan fingerprint density at radius 3 is 2.88 bits per heavy atom. The van der Waals surface area contributed by atoms with Gasteiger partial charge in [0.05, 0.1) is 11.7 Å². The molecule has 1 amide bonds. The van der Waals surface area contributed by atoms with Crippen molar-refractivity contribution in [2.45, 2.75) is 33.0 Å². The summed E-state index contributed by atoms with van der Waals surface area (Å²) >= 11 is 6.09. The predicted octanol–water partition coefficient (Wildman–Crippen LogP) is 3.59. The fraction of sp³-hybridized carbons (Fsp3) is 0.294. The molecular weight excluding hydrogens is 330 g/mol. The Morgan fingerprint density at radius 1 is 1.38 bits per heavy atom. The fourth-order valence-corrected chi connectivity index (χ4v) is 2.34. The molecular formula is C17H20ClN3O3. The van der Waals surface area contributed by atoms with E-state index in [2.05, 4.69) is 15.8 Å². The zero-order valence-electron chi connectivity index (χ0n) is 13.5. The maximum absolute atomic E-state index is 10.6. The Balaban J connectivity index is 1.92. The number of hydrogen-bond acceptors (Lipinski definition) is 4. The lowest BCUT2D eigenvalue weighted by atomic mass is 10.1. The molecule has 1 heterocycles. The van der Waals surface area contributed by atoms with Gasteiger partial charge < -0.3 is 10.4 Å². The lowest BCUT2D eigenvalue weighted by Crippen LogP contribution is -2.21. The topological polar surface area (TPSA) is 83.5 Å². The summed E-state index contributed by atoms with van der Waals surface area (Å²) in [5.41, 5.74) is 6.40. The highest BCUT2D eigenvalue weighted by Crippen LogP contribution is 2.21. The van der Waals surface area contributed by atoms with E-state index in [0.717, 1.165) is 17.0 Å². The molecule has 0 spiro atoms. The number of nitrogens with one attached hydrogen (secondary N) is 2. The molecule has 0 saturated heterocycles. The largest absolute Gasteiger partial charge is 0.465 e. The second kappa shape index (κ2) is 8.63. The Kier molecular flexibility index (Phi) is 6.54. The van der Waals surface area contributed by atoms with Gasteiger partial charge in [0.25, 0.3) is 0 Å². The number of aryl methyl sites for hydroxylation is 1. The van der Waals surface area contributed by atoms with Crippen LogP contribution in [-0.4, -0.2) is 16.2 Å². The summed E-state index contributed by atoms with van der Waals surface area (Å²) < 4.78 is 0. The third kappa shape index (κ3) is 5.49. The molecule has 3 N–H and O–H groups in total. The van der Waals surface area contributed by atoms with Crippen LogP contribution in [-0.2, 0) is 18.0 Å². The molecule has 24 heavy (non-hydrogen) atoms. The number of amides is 1. The summed E-state index contributed by atoms with van der Waals surface area (Å²) in [6.07, 6.45) is -1.09. The van der Waals surface area contributed by atoms with Crippen LogP contribution < -0.4 is 10.8 Å². The Labute approximate surface area is 145 Å². The first-order valence-corrected chi connectivity index (χ1v) is 7.88. The SMILES string of the molecule is Cc1cccc(CONC(C)c2ccc(Cl)c(CNC(=O)O)c2)n1. The summed E-state index contributed by atoms with van der Waals surface area (Å²) in [7, 11) is 0. The van der Waals surface area contributed by atoms with Gasteiger partial charge in [-0.2, -0.15) is 5.48 Å². The molecule has 0 aliphatic heterocycles. The molecule has 0 aliphatic carbocycles. The van der Waals surface area contributed by atoms with Crippen LogP contribution in [0.2, 0.25) is 5.02 Å². The first-order chi connectivity index (χ1) is 11.5. The van der Waals surface area contributed by atoms with Gasteiger partial charge in [0.2, 0.25) is 0 Å². The standard InChI is InChI=1S/C17H20ClN3O3/c1-11-4-3-5-15(20-11)10-24-21-12(2)13-6-7-16(18)14(8-13)9-19-17(22)23/h3-8,12,19,21H,9-10H2,1-2H3,(H,22,23). The van der Waals surface area contributed by atoms with E-state index in [-0.39, 0.29) is 12.6 Å². The number of carbonyl (C=O) groups is 1. The number of pyridine rings is 1. The molecule has 1 aromatic carbocycles. The second-order valence-corrected chi connectivity index (χ2v) is 5.82. The van der Waals surface area contributed by atoms with Gasteiger partial charge in [-0.3, -0.25) is 9.82 Å². The number of aromatic nitrogens is 1. The van der Waals surface area contributed by atoms with Gasteiger partial charge in [0.1, 0.15) is 6.61 Å². The van der Waals surface area contributed by atoms with Crippen molar-refractivity contribution in [2.75, 3.05) is 0 Å². The number of benzene rings is 1. The van der Waals surface area contributed by atoms with Gasteiger partial charge in [0.15, 0.2) is 0 Å². The molecule has 6 nitrogen and oxygen atoms in total. The van der Waals surface area contributed by atoms with Crippen LogP contribution in [0.4, 0.5) is 4.79 Å². The van der Waals surface area contributed by atoms with Crippen molar-refractivity contribution in [3.05, 3.63) is 63.9 Å². The van der Waals surface area contributed by atoms with E-state index >= 15 is 0 Å². The van der Waals surface area contributed by atoms with Crippen molar-refractivity contribution in [3.63, 3.8) is 0 Å². The minimum atomic E-state index is -1.09. The van der Waals surface area contributed by atoms with Crippen LogP contribution in [0.25, 0.3) is 0 Å². The molecule has 128 valence electrons. The van der Waals surface area contributed by atoms with Gasteiger partial charge in [-0.05, 0) is 43.2 Å². The molecule has 7 heteroatoms. The van der Waals surface area contributed by atoms with Crippen molar-refractivity contribution in [1.82, 2.24) is 15.8 Å². The van der Waals surface area contributed by atoms with E-state index in [4.69, 9.17) is 21.5 Å². The van der Waals surface area contributed by atoms with Gasteiger partial charge in [-0.1, -0.05) is 29.8 Å². The van der Waals surface area contributed by atoms with Crippen LogP contribution in [0.5, 0.6) is 0 Å². The van der Waals surface area contributed by atoms with E-state index < -0.39 is 6.09 Å². The highest BCUT2D eigenvalue weighted by atomic mass is 35.5. The van der Waals surface area contributed by atoms with Gasteiger partial charge in [-0.25, -0.2) is 4.79 Å². The molecule has 0 bridgehead atoms. The van der Waals surface area contributed by atoms with Crippen LogP contribution in [0.15, 0.2) is 36.4 Å². The molecule has 0 saturated carbocycles. The van der Waals surface area contributed by atoms with Crippen LogP contribution in [0.1, 0.15) is 35.5 Å². The molecule has 0 aliphatic rings. The average Bonchev–Trinajstić information content (AvgIpc) is 2.54. The lowest BCUT2D eigenvalue weighted by Gasteiger charge is -2.16. The monoisotopic (exact) mass is 349 g/mol. The zero-order chi connectivity index (χ0) is 17.5. The van der Waals surface area contributed by atoms with Crippen molar-refractivity contribution in [3.8, 4) is 0 Å². The number of rotatable bonds is 7. The molecule has 1 unspecified atom stereocenters. The van der Waals surface area contributed by atoms with Gasteiger partial charge >= 0.3 is 6.09 Å². The number of nitrogens with zero attached hydrogens (tertiary/aromatic N) is 1. The number of hydroxylamine groups is 1. The second-order valence-electron chi connectivity index (χ2n) is 5.41. The summed E-state index contributed by atoms with van der Waals surface area (Å²) in [5.74, 6) is 0. The molecule has 1 aromatic heterocycles. The van der Waals surface area contributed by atoms with Gasteiger partial charge in [0, 0.05) is 17.3 Å². The average molecular weight is 350 g/mol. The van der Waals surface area contributed by atoms with E-state index in [0.29, 0.717) is 17.2 Å². The highest BCUT2D eigenvalue weighted by molar-refractivity contribution is 6.31. The molecule has 2 rings (SSSR count). The van der Waals surface area contributed by atoms with E-state index in [1.54, 1.807) is 6.07 Å². The first-order valence-electron chi connectivity index (χ1n) is 7.50. The first kappa shape index (κ1) is 18.2. The molecule has 0 fully saturated rings. The van der Waals surface area contributed by atoms with Crippen LogP contribution in [0, 0.1) is 6.92 Å². The van der Waals surface area contributed by atoms with Crippen molar-refractivity contribution in [1.29, 1.82) is 0 Å². The smallest absolute Gasteiger partial charge is 0.404 e. The highest BCUT2D eigenvalue weighted by Gasteiger charge is 2.09. The summed E-state index contributed by atoms with van der Waals surface area (Å²) in [6, 6.07) is 11.2. The number of hydrogen-bond donors (Lipinski definition) is 3.